The van der Waals surface area contributed by atoms with Crippen LogP contribution >= 0.6 is 0 Å². The highest BCUT2D eigenvalue weighted by molar-refractivity contribution is 5.87. The van der Waals surface area contributed by atoms with Gasteiger partial charge in [-0.15, -0.1) is 0 Å². The maximum atomic E-state index is 6.01. The fraction of sp³-hybridized carbons (Fsp3) is 0.133. The molecule has 1 aromatic carbocycles. The van der Waals surface area contributed by atoms with Gasteiger partial charge >= 0.3 is 0 Å². The number of fused-ring (bicyclic) bond motifs is 4. The molecule has 3 nitrogen and oxygen atoms in total. The zero-order valence-electron chi connectivity index (χ0n) is 9.67. The van der Waals surface area contributed by atoms with Crippen LogP contribution in [-0.4, -0.2) is 6.21 Å². The number of hydrogen-bond donors (Lipinski definition) is 0. The molecule has 4 rings (SSSR count). The number of furan rings is 1. The summed E-state index contributed by atoms with van der Waals surface area (Å²) in [5, 5.41) is 1.17. The molecule has 0 N–H and O–H groups in total. The van der Waals surface area contributed by atoms with Gasteiger partial charge < -0.3 is 9.15 Å². The maximum absolute atomic E-state index is 6.01. The Morgan fingerprint density at radius 2 is 1.94 bits per heavy atom. The average molecular weight is 237 g/mol. The lowest BCUT2D eigenvalue weighted by molar-refractivity contribution is 0.363. The number of nitrogens with zero attached hydrogens (tertiary/aromatic N) is 1. The molecular weight excluding hydrogens is 226 g/mol. The summed E-state index contributed by atoms with van der Waals surface area (Å²) >= 11 is 0. The fourth-order valence-corrected chi connectivity index (χ4v) is 2.60. The molecule has 0 aliphatic carbocycles. The first-order valence-corrected chi connectivity index (χ1v) is 5.94. The Morgan fingerprint density at radius 3 is 2.83 bits per heavy atom. The van der Waals surface area contributed by atoms with E-state index in [0.29, 0.717) is 0 Å². The van der Waals surface area contributed by atoms with Gasteiger partial charge in [0, 0.05) is 23.6 Å². The van der Waals surface area contributed by atoms with E-state index in [1.165, 1.54) is 10.9 Å². The molecule has 2 aromatic rings. The van der Waals surface area contributed by atoms with Crippen molar-refractivity contribution in [2.75, 3.05) is 0 Å². The van der Waals surface area contributed by atoms with Crippen molar-refractivity contribution in [3.05, 3.63) is 60.3 Å². The normalized spacial score (nSPS) is 19.1. The van der Waals surface area contributed by atoms with Gasteiger partial charge in [0.15, 0.2) is 5.54 Å². The van der Waals surface area contributed by atoms with E-state index in [2.05, 4.69) is 11.1 Å². The first-order valence-electron chi connectivity index (χ1n) is 5.94. The molecule has 0 fully saturated rings. The topological polar surface area (TPSA) is 34.7 Å². The van der Waals surface area contributed by atoms with Crippen LogP contribution in [0.4, 0.5) is 0 Å². The average Bonchev–Trinajstić information content (AvgIpc) is 2.81. The molecular formula is C15H11NO2. The third kappa shape index (κ3) is 1.16. The van der Waals surface area contributed by atoms with E-state index in [4.69, 9.17) is 9.15 Å². The van der Waals surface area contributed by atoms with Crippen molar-refractivity contribution in [2.24, 2.45) is 4.99 Å². The second-order valence-corrected chi connectivity index (χ2v) is 4.49. The van der Waals surface area contributed by atoms with Gasteiger partial charge in [-0.2, -0.15) is 0 Å². The van der Waals surface area contributed by atoms with E-state index in [-0.39, 0.29) is 0 Å². The molecule has 0 amide bonds. The molecule has 0 atom stereocenters. The third-order valence-electron chi connectivity index (χ3n) is 3.46. The first-order chi connectivity index (χ1) is 8.89. The molecule has 3 heterocycles. The lowest BCUT2D eigenvalue weighted by atomic mass is 9.89. The molecule has 0 saturated heterocycles. The molecule has 1 aromatic heterocycles. The van der Waals surface area contributed by atoms with Crippen LogP contribution in [0.3, 0.4) is 0 Å². The van der Waals surface area contributed by atoms with E-state index in [1.807, 2.05) is 36.6 Å². The van der Waals surface area contributed by atoms with Crippen molar-refractivity contribution in [2.45, 2.75) is 12.0 Å². The molecule has 88 valence electrons. The summed E-state index contributed by atoms with van der Waals surface area (Å²) in [6, 6.07) is 8.11. The number of hydrogen-bond acceptors (Lipinski definition) is 3. The largest absolute Gasteiger partial charge is 0.473 e. The van der Waals surface area contributed by atoms with E-state index in [9.17, 15) is 0 Å². The molecule has 0 unspecified atom stereocenters. The number of ether oxygens (including phenoxy) is 1. The van der Waals surface area contributed by atoms with Crippen LogP contribution in [0.2, 0.25) is 0 Å². The number of benzene rings is 1. The Balaban J connectivity index is 2.04. The molecule has 18 heavy (non-hydrogen) atoms. The monoisotopic (exact) mass is 237 g/mol. The quantitative estimate of drug-likeness (QED) is 0.704. The lowest BCUT2D eigenvalue weighted by Gasteiger charge is -2.26. The maximum Gasteiger partial charge on any atom is 0.161 e. The molecule has 3 heteroatoms. The van der Waals surface area contributed by atoms with Crippen LogP contribution in [-0.2, 0) is 16.7 Å². The van der Waals surface area contributed by atoms with Crippen LogP contribution in [0, 0.1) is 0 Å². The Hall–Kier alpha value is -2.29. The van der Waals surface area contributed by atoms with Gasteiger partial charge in [0.25, 0.3) is 0 Å². The fourth-order valence-electron chi connectivity index (χ4n) is 2.60. The first kappa shape index (κ1) is 9.71. The second kappa shape index (κ2) is 3.35. The summed E-state index contributed by atoms with van der Waals surface area (Å²) < 4.78 is 11.1. The van der Waals surface area contributed by atoms with Crippen LogP contribution in [0.1, 0.15) is 11.3 Å². The standard InChI is InChI=1S/C15H11NO2/c1-2-4-13-11(3-1)12-5-8-16-15(14(12)18-13)6-9-17-10-7-15/h1-4,6-10H,5H2. The Labute approximate surface area is 104 Å². The number of para-hydroxylation sites is 1. The van der Waals surface area contributed by atoms with Gasteiger partial charge in [-0.3, -0.25) is 4.99 Å². The zero-order chi connectivity index (χ0) is 12.0. The minimum absolute atomic E-state index is 0.523. The van der Waals surface area contributed by atoms with Gasteiger partial charge in [-0.25, -0.2) is 0 Å². The van der Waals surface area contributed by atoms with E-state index >= 15 is 0 Å². The minimum atomic E-state index is -0.523. The molecule has 0 radical (unpaired) electrons. The van der Waals surface area contributed by atoms with Crippen molar-refractivity contribution in [1.82, 2.24) is 0 Å². The second-order valence-electron chi connectivity index (χ2n) is 4.49. The molecule has 2 aliphatic rings. The van der Waals surface area contributed by atoms with Crippen LogP contribution in [0.25, 0.3) is 11.0 Å². The van der Waals surface area contributed by atoms with Crippen LogP contribution in [0.5, 0.6) is 0 Å². The number of rotatable bonds is 0. The van der Waals surface area contributed by atoms with Crippen molar-refractivity contribution in [1.29, 1.82) is 0 Å². The van der Waals surface area contributed by atoms with Gasteiger partial charge in [0.1, 0.15) is 11.3 Å². The zero-order valence-corrected chi connectivity index (χ0v) is 9.67. The smallest absolute Gasteiger partial charge is 0.161 e. The highest BCUT2D eigenvalue weighted by Crippen LogP contribution is 2.41. The predicted molar refractivity (Wildman–Crippen MR) is 69.5 cm³/mol. The van der Waals surface area contributed by atoms with Crippen LogP contribution < -0.4 is 0 Å². The van der Waals surface area contributed by atoms with E-state index < -0.39 is 5.54 Å². The molecule has 1 spiro atoms. The third-order valence-corrected chi connectivity index (χ3v) is 3.46. The molecule has 2 aliphatic heterocycles. The Kier molecular flexibility index (Phi) is 1.81. The Bertz CT molecular complexity index is 694. The summed E-state index contributed by atoms with van der Waals surface area (Å²) in [7, 11) is 0. The van der Waals surface area contributed by atoms with Crippen molar-refractivity contribution < 1.29 is 9.15 Å². The van der Waals surface area contributed by atoms with Gasteiger partial charge in [-0.05, 0) is 18.2 Å². The predicted octanol–water partition coefficient (Wildman–Crippen LogP) is 3.31. The Morgan fingerprint density at radius 1 is 1.11 bits per heavy atom. The SMILES string of the molecule is C1=CC2(C=CO1)N=CCc1c2oc2ccccc12. The summed E-state index contributed by atoms with van der Waals surface area (Å²) in [6.07, 6.45) is 9.91. The molecule has 0 bridgehead atoms. The highest BCUT2D eigenvalue weighted by Gasteiger charge is 2.36. The lowest BCUT2D eigenvalue weighted by Crippen LogP contribution is -2.24. The summed E-state index contributed by atoms with van der Waals surface area (Å²) in [5.74, 6) is 0.905. The van der Waals surface area contributed by atoms with Crippen molar-refractivity contribution in [3.8, 4) is 0 Å². The van der Waals surface area contributed by atoms with E-state index in [0.717, 1.165) is 17.8 Å². The summed E-state index contributed by atoms with van der Waals surface area (Å²) in [5.41, 5.74) is 1.61. The van der Waals surface area contributed by atoms with Gasteiger partial charge in [0.05, 0.1) is 12.5 Å². The van der Waals surface area contributed by atoms with Crippen LogP contribution in [0.15, 0.2) is 58.4 Å². The van der Waals surface area contributed by atoms with Crippen molar-refractivity contribution >= 4 is 17.2 Å². The van der Waals surface area contributed by atoms with Crippen molar-refractivity contribution in [3.63, 3.8) is 0 Å². The van der Waals surface area contributed by atoms with E-state index in [1.54, 1.807) is 12.5 Å². The summed E-state index contributed by atoms with van der Waals surface area (Å²) in [6.45, 7) is 0. The van der Waals surface area contributed by atoms with Gasteiger partial charge in [0.2, 0.25) is 0 Å². The molecule has 0 saturated carbocycles. The highest BCUT2D eigenvalue weighted by atomic mass is 16.5. The number of aliphatic imine (C=N–C) groups is 1. The minimum Gasteiger partial charge on any atom is -0.473 e. The summed E-state index contributed by atoms with van der Waals surface area (Å²) in [4.78, 5) is 4.58. The van der Waals surface area contributed by atoms with Gasteiger partial charge in [-0.1, -0.05) is 18.2 Å².